The SMILES string of the molecule is Cc1ccc(C#CCO)cc1C(=O)N1CCC(C)CC1. The van der Waals surface area contributed by atoms with Crippen molar-refractivity contribution in [3.05, 3.63) is 34.9 Å². The van der Waals surface area contributed by atoms with Gasteiger partial charge in [0.2, 0.25) is 0 Å². The molecule has 1 heterocycles. The molecule has 1 saturated heterocycles. The zero-order valence-corrected chi connectivity index (χ0v) is 12.1. The Hall–Kier alpha value is -1.79. The summed E-state index contributed by atoms with van der Waals surface area (Å²) in [5.74, 6) is 6.28. The zero-order valence-electron chi connectivity index (χ0n) is 12.1. The van der Waals surface area contributed by atoms with E-state index in [1.807, 2.05) is 30.0 Å². The Labute approximate surface area is 120 Å². The van der Waals surface area contributed by atoms with E-state index in [0.717, 1.165) is 42.6 Å². The predicted octanol–water partition coefficient (Wildman–Crippen LogP) is 2.21. The van der Waals surface area contributed by atoms with Crippen molar-refractivity contribution >= 4 is 5.91 Å². The van der Waals surface area contributed by atoms with Crippen LogP contribution >= 0.6 is 0 Å². The number of nitrogens with zero attached hydrogens (tertiary/aromatic N) is 1. The number of carbonyl (C=O) groups excluding carboxylic acids is 1. The van der Waals surface area contributed by atoms with Crippen LogP contribution < -0.4 is 0 Å². The minimum Gasteiger partial charge on any atom is -0.384 e. The highest BCUT2D eigenvalue weighted by molar-refractivity contribution is 5.96. The number of aliphatic hydroxyl groups excluding tert-OH is 1. The highest BCUT2D eigenvalue weighted by Gasteiger charge is 2.22. The van der Waals surface area contributed by atoms with Crippen molar-refractivity contribution in [1.29, 1.82) is 0 Å². The first-order chi connectivity index (χ1) is 9.61. The smallest absolute Gasteiger partial charge is 0.254 e. The molecule has 1 amide bonds. The van der Waals surface area contributed by atoms with Crippen molar-refractivity contribution in [1.82, 2.24) is 4.90 Å². The van der Waals surface area contributed by atoms with Gasteiger partial charge < -0.3 is 10.0 Å². The first kappa shape index (κ1) is 14.6. The number of piperidine rings is 1. The van der Waals surface area contributed by atoms with Gasteiger partial charge in [-0.1, -0.05) is 24.8 Å². The largest absolute Gasteiger partial charge is 0.384 e. The Morgan fingerprint density at radius 2 is 2.10 bits per heavy atom. The van der Waals surface area contributed by atoms with Gasteiger partial charge in [-0.25, -0.2) is 0 Å². The van der Waals surface area contributed by atoms with Crippen molar-refractivity contribution in [2.75, 3.05) is 19.7 Å². The highest BCUT2D eigenvalue weighted by Crippen LogP contribution is 2.20. The quantitative estimate of drug-likeness (QED) is 0.796. The number of hydrogen-bond acceptors (Lipinski definition) is 2. The minimum absolute atomic E-state index is 0.0991. The van der Waals surface area contributed by atoms with Crippen LogP contribution in [-0.2, 0) is 0 Å². The lowest BCUT2D eigenvalue weighted by atomic mass is 9.97. The number of rotatable bonds is 1. The second kappa shape index (κ2) is 6.58. The molecule has 2 rings (SSSR count). The van der Waals surface area contributed by atoms with Crippen LogP contribution in [-0.4, -0.2) is 35.6 Å². The summed E-state index contributed by atoms with van der Waals surface area (Å²) >= 11 is 0. The Balaban J connectivity index is 2.20. The molecule has 0 bridgehead atoms. The summed E-state index contributed by atoms with van der Waals surface area (Å²) in [4.78, 5) is 14.5. The van der Waals surface area contributed by atoms with Crippen LogP contribution in [0.1, 0.15) is 41.3 Å². The van der Waals surface area contributed by atoms with E-state index in [9.17, 15) is 4.79 Å². The van der Waals surface area contributed by atoms with Crippen LogP contribution in [0.15, 0.2) is 18.2 Å². The van der Waals surface area contributed by atoms with Crippen LogP contribution in [0.2, 0.25) is 0 Å². The lowest BCUT2D eigenvalue weighted by molar-refractivity contribution is 0.0696. The number of aryl methyl sites for hydroxylation is 1. The summed E-state index contributed by atoms with van der Waals surface area (Å²) in [7, 11) is 0. The van der Waals surface area contributed by atoms with E-state index in [1.165, 1.54) is 0 Å². The summed E-state index contributed by atoms with van der Waals surface area (Å²) in [6.07, 6.45) is 2.16. The molecular formula is C17H21NO2. The predicted molar refractivity (Wildman–Crippen MR) is 79.4 cm³/mol. The lowest BCUT2D eigenvalue weighted by Crippen LogP contribution is -2.38. The Kier molecular flexibility index (Phi) is 4.81. The van der Waals surface area contributed by atoms with Gasteiger partial charge in [-0.05, 0) is 43.4 Å². The number of hydrogen-bond donors (Lipinski definition) is 1. The fourth-order valence-electron chi connectivity index (χ4n) is 2.45. The van der Waals surface area contributed by atoms with Gasteiger partial charge >= 0.3 is 0 Å². The van der Waals surface area contributed by atoms with Gasteiger partial charge in [-0.2, -0.15) is 0 Å². The maximum atomic E-state index is 12.6. The van der Waals surface area contributed by atoms with Crippen molar-refractivity contribution in [2.24, 2.45) is 5.92 Å². The zero-order chi connectivity index (χ0) is 14.5. The summed E-state index contributed by atoms with van der Waals surface area (Å²) in [6.45, 7) is 5.69. The second-order valence-corrected chi connectivity index (χ2v) is 5.46. The molecule has 0 saturated carbocycles. The molecule has 0 unspecified atom stereocenters. The summed E-state index contributed by atoms with van der Waals surface area (Å²) in [6, 6.07) is 5.63. The fourth-order valence-corrected chi connectivity index (χ4v) is 2.45. The van der Waals surface area contributed by atoms with E-state index >= 15 is 0 Å². The van der Waals surface area contributed by atoms with Crippen LogP contribution in [0.25, 0.3) is 0 Å². The topological polar surface area (TPSA) is 40.5 Å². The van der Waals surface area contributed by atoms with E-state index < -0.39 is 0 Å². The van der Waals surface area contributed by atoms with Crippen LogP contribution in [0.5, 0.6) is 0 Å². The highest BCUT2D eigenvalue weighted by atomic mass is 16.2. The first-order valence-electron chi connectivity index (χ1n) is 7.11. The lowest BCUT2D eigenvalue weighted by Gasteiger charge is -2.30. The second-order valence-electron chi connectivity index (χ2n) is 5.46. The molecular weight excluding hydrogens is 250 g/mol. The molecule has 0 spiro atoms. The standard InChI is InChI=1S/C17H21NO2/c1-13-7-9-18(10-8-13)17(20)16-12-15(4-3-11-19)6-5-14(16)2/h5-6,12-13,19H,7-11H2,1-2H3. The summed E-state index contributed by atoms with van der Waals surface area (Å²) in [5, 5.41) is 8.74. The van der Waals surface area contributed by atoms with E-state index in [2.05, 4.69) is 18.8 Å². The Morgan fingerprint density at radius 1 is 1.40 bits per heavy atom. The third-order valence-electron chi connectivity index (χ3n) is 3.85. The van der Waals surface area contributed by atoms with E-state index in [-0.39, 0.29) is 12.5 Å². The van der Waals surface area contributed by atoms with Gasteiger partial charge in [0.05, 0.1) is 0 Å². The van der Waals surface area contributed by atoms with Gasteiger partial charge in [-0.3, -0.25) is 4.79 Å². The van der Waals surface area contributed by atoms with Crippen molar-refractivity contribution < 1.29 is 9.90 Å². The summed E-state index contributed by atoms with van der Waals surface area (Å²) in [5.41, 5.74) is 2.48. The summed E-state index contributed by atoms with van der Waals surface area (Å²) < 4.78 is 0. The molecule has 1 aliphatic heterocycles. The molecule has 0 atom stereocenters. The monoisotopic (exact) mass is 271 g/mol. The molecule has 20 heavy (non-hydrogen) atoms. The molecule has 0 aromatic heterocycles. The molecule has 3 heteroatoms. The molecule has 0 aliphatic carbocycles. The van der Waals surface area contributed by atoms with Gasteiger partial charge in [0, 0.05) is 24.2 Å². The third kappa shape index (κ3) is 3.40. The number of amides is 1. The maximum absolute atomic E-state index is 12.6. The van der Waals surface area contributed by atoms with Crippen LogP contribution in [0.4, 0.5) is 0 Å². The van der Waals surface area contributed by atoms with E-state index in [4.69, 9.17) is 5.11 Å². The van der Waals surface area contributed by atoms with Crippen molar-refractivity contribution in [3.63, 3.8) is 0 Å². The van der Waals surface area contributed by atoms with E-state index in [0.29, 0.717) is 5.92 Å². The Morgan fingerprint density at radius 3 is 2.75 bits per heavy atom. The van der Waals surface area contributed by atoms with Crippen molar-refractivity contribution in [2.45, 2.75) is 26.7 Å². The van der Waals surface area contributed by atoms with E-state index in [1.54, 1.807) is 0 Å². The average molecular weight is 271 g/mol. The number of benzene rings is 1. The molecule has 1 aliphatic rings. The molecule has 106 valence electrons. The normalized spacial score (nSPS) is 15.7. The van der Waals surface area contributed by atoms with Gasteiger partial charge in [0.15, 0.2) is 0 Å². The molecule has 1 fully saturated rings. The maximum Gasteiger partial charge on any atom is 0.254 e. The van der Waals surface area contributed by atoms with Gasteiger partial charge in [-0.15, -0.1) is 0 Å². The first-order valence-corrected chi connectivity index (χ1v) is 7.11. The molecule has 1 aromatic carbocycles. The molecule has 3 nitrogen and oxygen atoms in total. The number of aliphatic hydroxyl groups is 1. The van der Waals surface area contributed by atoms with Gasteiger partial charge in [0.1, 0.15) is 6.61 Å². The molecule has 0 radical (unpaired) electrons. The average Bonchev–Trinajstić information content (AvgIpc) is 2.46. The minimum atomic E-state index is -0.166. The fraction of sp³-hybridized carbons (Fsp3) is 0.471. The van der Waals surface area contributed by atoms with Gasteiger partial charge in [0.25, 0.3) is 5.91 Å². The third-order valence-corrected chi connectivity index (χ3v) is 3.85. The molecule has 1 aromatic rings. The van der Waals surface area contributed by atoms with Crippen LogP contribution in [0.3, 0.4) is 0 Å². The Bertz CT molecular complexity index is 546. The van der Waals surface area contributed by atoms with Crippen molar-refractivity contribution in [3.8, 4) is 11.8 Å². The van der Waals surface area contributed by atoms with Crippen LogP contribution in [0, 0.1) is 24.7 Å². The number of carbonyl (C=O) groups is 1. The number of likely N-dealkylation sites (tertiary alicyclic amines) is 1. The molecule has 1 N–H and O–H groups in total.